The zero-order chi connectivity index (χ0) is 22.8. The number of hydrogen-bond acceptors (Lipinski definition) is 3. The van der Waals surface area contributed by atoms with Crippen molar-refractivity contribution < 1.29 is 18.4 Å². The van der Waals surface area contributed by atoms with Gasteiger partial charge in [-0.2, -0.15) is 0 Å². The van der Waals surface area contributed by atoms with Gasteiger partial charge in [-0.15, -0.1) is 0 Å². The molecule has 164 valence electrons. The number of aromatic nitrogens is 1. The maximum absolute atomic E-state index is 14.5. The molecule has 1 heterocycles. The topological polar surface area (TPSA) is 71.1 Å². The quantitative estimate of drug-likeness (QED) is 0.600. The number of benzene rings is 2. The van der Waals surface area contributed by atoms with Crippen LogP contribution in [0.4, 0.5) is 8.78 Å². The van der Waals surface area contributed by atoms with Crippen LogP contribution in [0.1, 0.15) is 50.2 Å². The third kappa shape index (κ3) is 4.82. The van der Waals surface area contributed by atoms with Gasteiger partial charge in [0.15, 0.2) is 0 Å². The van der Waals surface area contributed by atoms with Crippen LogP contribution in [-0.4, -0.2) is 22.8 Å². The number of hydrogen-bond donors (Lipinski definition) is 2. The van der Waals surface area contributed by atoms with E-state index in [-0.39, 0.29) is 35.8 Å². The lowest BCUT2D eigenvalue weighted by Crippen LogP contribution is -2.25. The molecule has 1 aromatic heterocycles. The third-order valence-electron chi connectivity index (χ3n) is 5.57. The smallest absolute Gasteiger partial charge is 0.253 e. The fourth-order valence-corrected chi connectivity index (χ4v) is 3.37. The summed E-state index contributed by atoms with van der Waals surface area (Å²) in [6, 6.07) is 10.6. The molecular formula is C25H23F2N3O2. The Labute approximate surface area is 184 Å². The summed E-state index contributed by atoms with van der Waals surface area (Å²) < 4.78 is 27.9. The van der Waals surface area contributed by atoms with Gasteiger partial charge in [-0.25, -0.2) is 8.78 Å². The molecule has 0 spiro atoms. The summed E-state index contributed by atoms with van der Waals surface area (Å²) >= 11 is 0. The molecule has 0 bridgehead atoms. The van der Waals surface area contributed by atoms with Gasteiger partial charge in [-0.3, -0.25) is 14.6 Å². The summed E-state index contributed by atoms with van der Waals surface area (Å²) in [7, 11) is 0. The Balaban J connectivity index is 1.50. The number of nitrogens with zero attached hydrogens (tertiary/aromatic N) is 1. The second-order valence-electron chi connectivity index (χ2n) is 8.06. The Morgan fingerprint density at radius 3 is 2.47 bits per heavy atom. The SMILES string of the molecule is Cc1ccc(F)cc1CNC(=O)c1ccc(-c2cc(C(=O)NC3CC3)cc(F)c2C)nc1. The van der Waals surface area contributed by atoms with E-state index in [1.807, 2.05) is 6.92 Å². The molecule has 2 N–H and O–H groups in total. The molecule has 0 unspecified atom stereocenters. The molecule has 7 heteroatoms. The Morgan fingerprint density at radius 1 is 1.00 bits per heavy atom. The number of nitrogens with one attached hydrogen (secondary N) is 2. The fourth-order valence-electron chi connectivity index (χ4n) is 3.37. The normalized spacial score (nSPS) is 13.0. The predicted octanol–water partition coefficient (Wildman–Crippen LogP) is 4.47. The number of rotatable bonds is 6. The molecule has 1 fully saturated rings. The highest BCUT2D eigenvalue weighted by Crippen LogP contribution is 2.27. The first-order valence-electron chi connectivity index (χ1n) is 10.4. The Hall–Kier alpha value is -3.61. The first-order chi connectivity index (χ1) is 15.3. The highest BCUT2D eigenvalue weighted by Gasteiger charge is 2.24. The van der Waals surface area contributed by atoms with E-state index in [1.165, 1.54) is 24.4 Å². The summed E-state index contributed by atoms with van der Waals surface area (Å²) in [6.45, 7) is 3.65. The molecule has 1 aliphatic carbocycles. The van der Waals surface area contributed by atoms with Crippen molar-refractivity contribution in [2.45, 2.75) is 39.3 Å². The van der Waals surface area contributed by atoms with E-state index in [9.17, 15) is 18.4 Å². The molecule has 2 aromatic carbocycles. The average molecular weight is 435 g/mol. The van der Waals surface area contributed by atoms with Crippen LogP contribution in [0, 0.1) is 25.5 Å². The van der Waals surface area contributed by atoms with Gasteiger partial charge in [0.1, 0.15) is 11.6 Å². The molecule has 2 amide bonds. The summed E-state index contributed by atoms with van der Waals surface area (Å²) in [5, 5.41) is 5.60. The van der Waals surface area contributed by atoms with Gasteiger partial charge >= 0.3 is 0 Å². The molecule has 32 heavy (non-hydrogen) atoms. The van der Waals surface area contributed by atoms with Crippen LogP contribution in [-0.2, 0) is 6.54 Å². The van der Waals surface area contributed by atoms with Crippen molar-refractivity contribution in [2.24, 2.45) is 0 Å². The maximum Gasteiger partial charge on any atom is 0.253 e. The van der Waals surface area contributed by atoms with Gasteiger partial charge in [-0.1, -0.05) is 6.07 Å². The Bertz CT molecular complexity index is 1190. The number of amides is 2. The van der Waals surface area contributed by atoms with Gasteiger partial charge in [0, 0.05) is 29.9 Å². The first kappa shape index (κ1) is 21.6. The Morgan fingerprint density at radius 2 is 1.78 bits per heavy atom. The van der Waals surface area contributed by atoms with Crippen molar-refractivity contribution in [3.63, 3.8) is 0 Å². The van der Waals surface area contributed by atoms with Gasteiger partial charge in [0.05, 0.1) is 11.3 Å². The summed E-state index contributed by atoms with van der Waals surface area (Å²) in [6.07, 6.45) is 3.28. The van der Waals surface area contributed by atoms with E-state index in [1.54, 1.807) is 31.2 Å². The largest absolute Gasteiger partial charge is 0.349 e. The number of pyridine rings is 1. The zero-order valence-electron chi connectivity index (χ0n) is 17.8. The highest BCUT2D eigenvalue weighted by atomic mass is 19.1. The minimum absolute atomic E-state index is 0.169. The molecule has 0 atom stereocenters. The van der Waals surface area contributed by atoms with E-state index in [2.05, 4.69) is 15.6 Å². The third-order valence-corrected chi connectivity index (χ3v) is 5.57. The van der Waals surface area contributed by atoms with E-state index < -0.39 is 5.82 Å². The number of halogens is 2. The minimum Gasteiger partial charge on any atom is -0.349 e. The molecule has 1 aliphatic rings. The number of carbonyl (C=O) groups is 2. The molecule has 3 aromatic rings. The van der Waals surface area contributed by atoms with E-state index >= 15 is 0 Å². The van der Waals surface area contributed by atoms with Crippen molar-refractivity contribution in [2.75, 3.05) is 0 Å². The van der Waals surface area contributed by atoms with Crippen LogP contribution in [0.2, 0.25) is 0 Å². The molecule has 0 aliphatic heterocycles. The lowest BCUT2D eigenvalue weighted by molar-refractivity contribution is 0.0942. The predicted molar refractivity (Wildman–Crippen MR) is 117 cm³/mol. The second kappa shape index (κ2) is 8.86. The number of aryl methyl sites for hydroxylation is 1. The molecule has 0 saturated heterocycles. The summed E-state index contributed by atoms with van der Waals surface area (Å²) in [4.78, 5) is 29.1. The average Bonchev–Trinajstić information content (AvgIpc) is 3.60. The standard InChI is InChI=1S/C25H23F2N3O2/c1-14-3-5-19(26)9-18(14)13-29-24(31)16-4-8-23(28-12-16)21-10-17(11-22(27)15(21)2)25(32)30-20-6-7-20/h3-5,8-12,20H,6-7,13H2,1-2H3,(H,29,31)(H,30,32). The van der Waals surface area contributed by atoms with Gasteiger partial charge < -0.3 is 10.6 Å². The van der Waals surface area contributed by atoms with Gasteiger partial charge in [0.2, 0.25) is 0 Å². The zero-order valence-corrected chi connectivity index (χ0v) is 17.8. The van der Waals surface area contributed by atoms with Crippen LogP contribution < -0.4 is 10.6 Å². The van der Waals surface area contributed by atoms with Gasteiger partial charge in [-0.05, 0) is 79.8 Å². The van der Waals surface area contributed by atoms with Crippen molar-refractivity contribution >= 4 is 11.8 Å². The van der Waals surface area contributed by atoms with Crippen molar-refractivity contribution in [1.82, 2.24) is 15.6 Å². The second-order valence-corrected chi connectivity index (χ2v) is 8.06. The lowest BCUT2D eigenvalue weighted by Gasteiger charge is -2.11. The van der Waals surface area contributed by atoms with Crippen LogP contribution in [0.25, 0.3) is 11.3 Å². The monoisotopic (exact) mass is 435 g/mol. The number of carbonyl (C=O) groups excluding carboxylic acids is 2. The van der Waals surface area contributed by atoms with Crippen molar-refractivity contribution in [3.8, 4) is 11.3 Å². The molecule has 1 saturated carbocycles. The highest BCUT2D eigenvalue weighted by molar-refractivity contribution is 5.96. The molecule has 0 radical (unpaired) electrons. The lowest BCUT2D eigenvalue weighted by atomic mass is 10.00. The van der Waals surface area contributed by atoms with Crippen molar-refractivity contribution in [3.05, 3.63) is 88.1 Å². The van der Waals surface area contributed by atoms with E-state index in [0.29, 0.717) is 27.9 Å². The van der Waals surface area contributed by atoms with Crippen LogP contribution in [0.5, 0.6) is 0 Å². The van der Waals surface area contributed by atoms with Crippen LogP contribution >= 0.6 is 0 Å². The Kier molecular flexibility index (Phi) is 5.99. The molecule has 5 nitrogen and oxygen atoms in total. The summed E-state index contributed by atoms with van der Waals surface area (Å²) in [5.41, 5.74) is 3.46. The maximum atomic E-state index is 14.5. The van der Waals surface area contributed by atoms with Crippen LogP contribution in [0.3, 0.4) is 0 Å². The minimum atomic E-state index is -0.488. The summed E-state index contributed by atoms with van der Waals surface area (Å²) in [5.74, 6) is -1.51. The molecule has 4 rings (SSSR count). The first-order valence-corrected chi connectivity index (χ1v) is 10.4. The van der Waals surface area contributed by atoms with E-state index in [0.717, 1.165) is 18.4 Å². The van der Waals surface area contributed by atoms with Crippen molar-refractivity contribution in [1.29, 1.82) is 0 Å². The fraction of sp³-hybridized carbons (Fsp3) is 0.240. The van der Waals surface area contributed by atoms with Gasteiger partial charge in [0.25, 0.3) is 11.8 Å². The van der Waals surface area contributed by atoms with Crippen LogP contribution in [0.15, 0.2) is 48.7 Å². The van der Waals surface area contributed by atoms with E-state index in [4.69, 9.17) is 0 Å². The molecular weight excluding hydrogens is 412 g/mol.